The lowest BCUT2D eigenvalue weighted by molar-refractivity contribution is -0.120. The Balaban J connectivity index is 2.22. The van der Waals surface area contributed by atoms with E-state index < -0.39 is 23.7 Å². The van der Waals surface area contributed by atoms with Crippen molar-refractivity contribution in [2.45, 2.75) is 13.0 Å². The zero-order chi connectivity index (χ0) is 14.7. The number of nitrogens with zero attached hydrogens (tertiary/aromatic N) is 1. The summed E-state index contributed by atoms with van der Waals surface area (Å²) in [6.45, 7) is 1.70. The fourth-order valence-electron chi connectivity index (χ4n) is 1.69. The number of primary amides is 1. The molecule has 7 heteroatoms. The standard InChI is InChI=1S/C13H12FN3O2S/c1-7-11(20-6-16-7)13(19)17-10(12(15)18)8-2-4-9(14)5-3-8/h2-6,10H,1H3,(H2,15,18)(H,17,19). The predicted octanol–water partition coefficient (Wildman–Crippen LogP) is 1.55. The summed E-state index contributed by atoms with van der Waals surface area (Å²) < 4.78 is 12.9. The van der Waals surface area contributed by atoms with E-state index in [1.807, 2.05) is 0 Å². The van der Waals surface area contributed by atoms with E-state index in [1.54, 1.807) is 12.4 Å². The first kappa shape index (κ1) is 14.1. The Hall–Kier alpha value is -2.28. The molecule has 0 radical (unpaired) electrons. The van der Waals surface area contributed by atoms with Gasteiger partial charge in [-0.1, -0.05) is 12.1 Å². The van der Waals surface area contributed by atoms with Gasteiger partial charge in [0.05, 0.1) is 11.2 Å². The van der Waals surface area contributed by atoms with Crippen LogP contribution in [0.5, 0.6) is 0 Å². The number of hydrogen-bond donors (Lipinski definition) is 2. The van der Waals surface area contributed by atoms with Crippen LogP contribution >= 0.6 is 11.3 Å². The van der Waals surface area contributed by atoms with Crippen LogP contribution in [0.15, 0.2) is 29.8 Å². The molecule has 5 nitrogen and oxygen atoms in total. The van der Waals surface area contributed by atoms with Gasteiger partial charge in [0, 0.05) is 0 Å². The zero-order valence-electron chi connectivity index (χ0n) is 10.6. The van der Waals surface area contributed by atoms with Crippen molar-refractivity contribution in [2.75, 3.05) is 0 Å². The Labute approximate surface area is 118 Å². The number of carbonyl (C=O) groups is 2. The van der Waals surface area contributed by atoms with E-state index in [0.29, 0.717) is 16.1 Å². The van der Waals surface area contributed by atoms with Crippen molar-refractivity contribution in [1.82, 2.24) is 10.3 Å². The highest BCUT2D eigenvalue weighted by atomic mass is 32.1. The third kappa shape index (κ3) is 3.00. The Morgan fingerprint density at radius 2 is 2.00 bits per heavy atom. The fraction of sp³-hybridized carbons (Fsp3) is 0.154. The van der Waals surface area contributed by atoms with E-state index in [4.69, 9.17) is 5.73 Å². The average molecular weight is 293 g/mol. The van der Waals surface area contributed by atoms with E-state index in [1.165, 1.54) is 35.6 Å². The van der Waals surface area contributed by atoms with E-state index in [-0.39, 0.29) is 0 Å². The number of aryl methyl sites for hydroxylation is 1. The third-order valence-corrected chi connectivity index (χ3v) is 3.64. The molecule has 1 atom stereocenters. The molecule has 1 aromatic carbocycles. The fourth-order valence-corrected chi connectivity index (χ4v) is 2.40. The van der Waals surface area contributed by atoms with Crippen LogP contribution in [0, 0.1) is 12.7 Å². The molecule has 0 saturated carbocycles. The molecule has 2 aromatic rings. The summed E-state index contributed by atoms with van der Waals surface area (Å²) in [5.41, 5.74) is 7.83. The second-order valence-electron chi connectivity index (χ2n) is 4.13. The summed E-state index contributed by atoms with van der Waals surface area (Å²) in [6, 6.07) is 4.21. The first-order valence-electron chi connectivity index (χ1n) is 5.74. The normalized spacial score (nSPS) is 11.9. The maximum atomic E-state index is 12.9. The zero-order valence-corrected chi connectivity index (χ0v) is 11.4. The highest BCUT2D eigenvalue weighted by molar-refractivity contribution is 7.11. The summed E-state index contributed by atoms with van der Waals surface area (Å²) in [6.07, 6.45) is 0. The van der Waals surface area contributed by atoms with Gasteiger partial charge in [0.25, 0.3) is 5.91 Å². The van der Waals surface area contributed by atoms with Crippen LogP contribution in [0.25, 0.3) is 0 Å². The molecule has 0 aliphatic carbocycles. The molecule has 2 rings (SSSR count). The molecular formula is C13H12FN3O2S. The minimum absolute atomic E-state index is 0.415. The third-order valence-electron chi connectivity index (χ3n) is 2.72. The van der Waals surface area contributed by atoms with E-state index in [9.17, 15) is 14.0 Å². The number of carbonyl (C=O) groups excluding carboxylic acids is 2. The Morgan fingerprint density at radius 3 is 2.50 bits per heavy atom. The van der Waals surface area contributed by atoms with Crippen LogP contribution in [0.1, 0.15) is 27.0 Å². The number of nitrogens with one attached hydrogen (secondary N) is 1. The lowest BCUT2D eigenvalue weighted by Gasteiger charge is -2.15. The number of thiazole rings is 1. The van der Waals surface area contributed by atoms with Crippen LogP contribution in [-0.2, 0) is 4.79 Å². The summed E-state index contributed by atoms with van der Waals surface area (Å²) >= 11 is 1.17. The summed E-state index contributed by atoms with van der Waals surface area (Å²) in [7, 11) is 0. The van der Waals surface area contributed by atoms with Crippen LogP contribution in [-0.4, -0.2) is 16.8 Å². The lowest BCUT2D eigenvalue weighted by Crippen LogP contribution is -2.37. The number of halogens is 1. The second kappa shape index (κ2) is 5.79. The van der Waals surface area contributed by atoms with Gasteiger partial charge in [0.1, 0.15) is 16.7 Å². The molecular weight excluding hydrogens is 281 g/mol. The van der Waals surface area contributed by atoms with Crippen molar-refractivity contribution >= 4 is 23.2 Å². The number of aromatic nitrogens is 1. The van der Waals surface area contributed by atoms with Gasteiger partial charge in [-0.3, -0.25) is 9.59 Å². The highest BCUT2D eigenvalue weighted by Crippen LogP contribution is 2.17. The first-order valence-corrected chi connectivity index (χ1v) is 6.62. The van der Waals surface area contributed by atoms with Crippen LogP contribution in [0.4, 0.5) is 4.39 Å². The van der Waals surface area contributed by atoms with E-state index in [2.05, 4.69) is 10.3 Å². The van der Waals surface area contributed by atoms with Gasteiger partial charge in [-0.15, -0.1) is 11.3 Å². The Morgan fingerprint density at radius 1 is 1.35 bits per heavy atom. The lowest BCUT2D eigenvalue weighted by atomic mass is 10.1. The van der Waals surface area contributed by atoms with Crippen molar-refractivity contribution in [2.24, 2.45) is 5.73 Å². The summed E-state index contributed by atoms with van der Waals surface area (Å²) in [5.74, 6) is -1.58. The maximum absolute atomic E-state index is 12.9. The molecule has 1 unspecified atom stereocenters. The van der Waals surface area contributed by atoms with Gasteiger partial charge in [-0.2, -0.15) is 0 Å². The van der Waals surface area contributed by atoms with Crippen LogP contribution in [0.3, 0.4) is 0 Å². The molecule has 2 amide bonds. The second-order valence-corrected chi connectivity index (χ2v) is 4.98. The van der Waals surface area contributed by atoms with Gasteiger partial charge in [-0.25, -0.2) is 9.37 Å². The van der Waals surface area contributed by atoms with Gasteiger partial charge >= 0.3 is 0 Å². The molecule has 20 heavy (non-hydrogen) atoms. The summed E-state index contributed by atoms with van der Waals surface area (Å²) in [5, 5.41) is 2.53. The van der Waals surface area contributed by atoms with Crippen LogP contribution < -0.4 is 11.1 Å². The van der Waals surface area contributed by atoms with Crippen molar-refractivity contribution in [3.05, 3.63) is 51.7 Å². The van der Waals surface area contributed by atoms with Crippen molar-refractivity contribution in [3.8, 4) is 0 Å². The molecule has 0 fully saturated rings. The number of hydrogen-bond acceptors (Lipinski definition) is 4. The average Bonchev–Trinajstić information content (AvgIpc) is 2.83. The van der Waals surface area contributed by atoms with Crippen molar-refractivity contribution in [3.63, 3.8) is 0 Å². The smallest absolute Gasteiger partial charge is 0.264 e. The Kier molecular flexibility index (Phi) is 4.09. The van der Waals surface area contributed by atoms with Gasteiger partial charge in [-0.05, 0) is 24.6 Å². The topological polar surface area (TPSA) is 85.1 Å². The van der Waals surface area contributed by atoms with Gasteiger partial charge in [0.2, 0.25) is 5.91 Å². The number of benzene rings is 1. The molecule has 0 aliphatic rings. The van der Waals surface area contributed by atoms with E-state index >= 15 is 0 Å². The van der Waals surface area contributed by atoms with Crippen LogP contribution in [0.2, 0.25) is 0 Å². The molecule has 0 saturated heterocycles. The number of rotatable bonds is 4. The van der Waals surface area contributed by atoms with Gasteiger partial charge < -0.3 is 11.1 Å². The number of amides is 2. The predicted molar refractivity (Wildman–Crippen MR) is 72.7 cm³/mol. The van der Waals surface area contributed by atoms with E-state index in [0.717, 1.165) is 0 Å². The molecule has 3 N–H and O–H groups in total. The molecule has 104 valence electrons. The number of nitrogens with two attached hydrogens (primary N) is 1. The minimum Gasteiger partial charge on any atom is -0.368 e. The SMILES string of the molecule is Cc1ncsc1C(=O)NC(C(N)=O)c1ccc(F)cc1. The van der Waals surface area contributed by atoms with Gasteiger partial charge in [0.15, 0.2) is 0 Å². The molecule has 1 aromatic heterocycles. The maximum Gasteiger partial charge on any atom is 0.264 e. The monoisotopic (exact) mass is 293 g/mol. The highest BCUT2D eigenvalue weighted by Gasteiger charge is 2.22. The quantitative estimate of drug-likeness (QED) is 0.896. The molecule has 0 aliphatic heterocycles. The largest absolute Gasteiger partial charge is 0.368 e. The van der Waals surface area contributed by atoms with Crippen molar-refractivity contribution in [1.29, 1.82) is 0 Å². The molecule has 0 bridgehead atoms. The first-order chi connectivity index (χ1) is 9.49. The minimum atomic E-state index is -1.01. The summed E-state index contributed by atoms with van der Waals surface area (Å²) in [4.78, 5) is 27.9. The Bertz CT molecular complexity index is 639. The molecule has 1 heterocycles. The van der Waals surface area contributed by atoms with Crippen molar-refractivity contribution < 1.29 is 14.0 Å². The molecule has 0 spiro atoms.